The van der Waals surface area contributed by atoms with Crippen LogP contribution >= 0.6 is 0 Å². The summed E-state index contributed by atoms with van der Waals surface area (Å²) in [5.41, 5.74) is 6.29. The second kappa shape index (κ2) is 5.71. The third-order valence-corrected chi connectivity index (χ3v) is 5.93. The highest BCUT2D eigenvalue weighted by Gasteiger charge is 2.53. The summed E-state index contributed by atoms with van der Waals surface area (Å²) in [4.78, 5) is 2.38. The van der Waals surface area contributed by atoms with Crippen molar-refractivity contribution in [1.29, 1.82) is 0 Å². The minimum atomic E-state index is 0.0925. The van der Waals surface area contributed by atoms with E-state index in [-0.39, 0.29) is 11.6 Å². The van der Waals surface area contributed by atoms with E-state index in [2.05, 4.69) is 78.5 Å². The van der Waals surface area contributed by atoms with Crippen molar-refractivity contribution in [1.82, 2.24) is 0 Å². The second-order valence-corrected chi connectivity index (χ2v) is 7.88. The Bertz CT molecular complexity index is 1000. The smallest absolute Gasteiger partial charge is 0.162 e. The van der Waals surface area contributed by atoms with Gasteiger partial charge in [-0.2, -0.15) is 5.10 Å². The first-order valence-corrected chi connectivity index (χ1v) is 9.44. The Balaban J connectivity index is 1.74. The maximum absolute atomic E-state index is 5.11. The van der Waals surface area contributed by atoms with Gasteiger partial charge in [-0.05, 0) is 42.2 Å². The van der Waals surface area contributed by atoms with Gasteiger partial charge in [0.05, 0.1) is 5.69 Å². The van der Waals surface area contributed by atoms with Crippen LogP contribution in [0.3, 0.4) is 0 Å². The van der Waals surface area contributed by atoms with Crippen molar-refractivity contribution in [2.45, 2.75) is 25.9 Å². The molecule has 0 spiro atoms. The number of nitrogens with zero attached hydrogens (tertiary/aromatic N) is 3. The first kappa shape index (κ1) is 16.1. The third-order valence-electron chi connectivity index (χ3n) is 5.93. The molecule has 2 atom stereocenters. The maximum Gasteiger partial charge on any atom is 0.162 e. The lowest BCUT2D eigenvalue weighted by Gasteiger charge is -2.50. The molecule has 27 heavy (non-hydrogen) atoms. The van der Waals surface area contributed by atoms with Crippen LogP contribution in [0.15, 0.2) is 90.6 Å². The van der Waals surface area contributed by atoms with Crippen LogP contribution in [0.2, 0.25) is 0 Å². The van der Waals surface area contributed by atoms with Gasteiger partial charge in [-0.3, -0.25) is 0 Å². The van der Waals surface area contributed by atoms with Crippen molar-refractivity contribution in [3.05, 3.63) is 96.6 Å². The van der Waals surface area contributed by atoms with E-state index in [9.17, 15) is 0 Å². The van der Waals surface area contributed by atoms with E-state index in [4.69, 9.17) is 5.10 Å². The fraction of sp³-hybridized carbons (Fsp3) is 0.208. The minimum absolute atomic E-state index is 0.0925. The third kappa shape index (κ3) is 2.24. The van der Waals surface area contributed by atoms with Crippen LogP contribution in [0.1, 0.15) is 18.1 Å². The average molecular weight is 353 g/mol. The van der Waals surface area contributed by atoms with Gasteiger partial charge < -0.3 is 4.90 Å². The zero-order chi connectivity index (χ0) is 18.6. The molecule has 3 heteroatoms. The summed E-state index contributed by atoms with van der Waals surface area (Å²) in [7, 11) is 0. The monoisotopic (exact) mass is 353 g/mol. The van der Waals surface area contributed by atoms with Crippen molar-refractivity contribution in [3.63, 3.8) is 0 Å². The number of hydrogen-bond donors (Lipinski definition) is 0. The standard InChI is InChI=1S/C24H23N3/c1-4-9-18(5-2)22-25-27-21-13-12-17-14-19(21)16-24(3,15-17)23(27)26(22)20-10-7-6-8-11-20/h4-14,23H,1-2,15-16H2,3H3/b18-9+. The van der Waals surface area contributed by atoms with Gasteiger partial charge in [-0.1, -0.05) is 68.6 Å². The zero-order valence-electron chi connectivity index (χ0n) is 15.6. The van der Waals surface area contributed by atoms with Crippen molar-refractivity contribution < 1.29 is 0 Å². The van der Waals surface area contributed by atoms with Crippen molar-refractivity contribution in [2.75, 3.05) is 9.91 Å². The van der Waals surface area contributed by atoms with Gasteiger partial charge in [0.2, 0.25) is 0 Å². The second-order valence-electron chi connectivity index (χ2n) is 7.88. The quantitative estimate of drug-likeness (QED) is 0.715. The molecule has 2 unspecified atom stereocenters. The Morgan fingerprint density at radius 2 is 1.96 bits per heavy atom. The number of amidine groups is 1. The molecule has 3 nitrogen and oxygen atoms in total. The first-order valence-electron chi connectivity index (χ1n) is 9.44. The predicted molar refractivity (Wildman–Crippen MR) is 113 cm³/mol. The lowest BCUT2D eigenvalue weighted by atomic mass is 9.68. The summed E-state index contributed by atoms with van der Waals surface area (Å²) in [6.45, 7) is 10.3. The number of benzene rings is 2. The molecular formula is C24H23N3. The first-order chi connectivity index (χ1) is 13.1. The Kier molecular flexibility index (Phi) is 3.41. The molecule has 0 amide bonds. The Labute approximate surface area is 160 Å². The van der Waals surface area contributed by atoms with Crippen LogP contribution in [0.5, 0.6) is 0 Å². The Morgan fingerprint density at radius 3 is 2.70 bits per heavy atom. The molecule has 2 aliphatic heterocycles. The van der Waals surface area contributed by atoms with E-state index in [1.165, 1.54) is 16.8 Å². The summed E-state index contributed by atoms with van der Waals surface area (Å²) in [6.07, 6.45) is 7.95. The van der Waals surface area contributed by atoms with Crippen molar-refractivity contribution in [3.8, 4) is 0 Å². The van der Waals surface area contributed by atoms with Gasteiger partial charge in [0.15, 0.2) is 5.84 Å². The lowest BCUT2D eigenvalue weighted by Crippen LogP contribution is -2.58. The van der Waals surface area contributed by atoms with Crippen LogP contribution in [0.25, 0.3) is 0 Å². The van der Waals surface area contributed by atoms with Crippen molar-refractivity contribution in [2.24, 2.45) is 10.5 Å². The molecule has 2 aromatic carbocycles. The number of hydrogen-bond acceptors (Lipinski definition) is 3. The molecular weight excluding hydrogens is 330 g/mol. The lowest BCUT2D eigenvalue weighted by molar-refractivity contribution is 0.230. The summed E-state index contributed by atoms with van der Waals surface area (Å²) < 4.78 is 0. The van der Waals surface area contributed by atoms with Crippen LogP contribution in [0, 0.1) is 5.41 Å². The van der Waals surface area contributed by atoms with Gasteiger partial charge in [0.25, 0.3) is 0 Å². The van der Waals surface area contributed by atoms with Crippen molar-refractivity contribution >= 4 is 17.2 Å². The summed E-state index contributed by atoms with van der Waals surface area (Å²) >= 11 is 0. The Hall–Kier alpha value is -3.07. The van der Waals surface area contributed by atoms with Gasteiger partial charge in [0, 0.05) is 16.7 Å². The van der Waals surface area contributed by atoms with Crippen LogP contribution in [0.4, 0.5) is 11.4 Å². The van der Waals surface area contributed by atoms with Crippen LogP contribution in [-0.4, -0.2) is 12.0 Å². The number of fused-ring (bicyclic) bond motifs is 5. The summed E-state index contributed by atoms with van der Waals surface area (Å²) in [5.74, 6) is 0.935. The van der Waals surface area contributed by atoms with Gasteiger partial charge in [0.1, 0.15) is 6.17 Å². The fourth-order valence-corrected chi connectivity index (χ4v) is 4.89. The van der Waals surface area contributed by atoms with E-state index in [0.29, 0.717) is 0 Å². The van der Waals surface area contributed by atoms with E-state index in [0.717, 1.165) is 29.9 Å². The number of anilines is 2. The van der Waals surface area contributed by atoms with E-state index >= 15 is 0 Å². The van der Waals surface area contributed by atoms with E-state index in [1.54, 1.807) is 6.08 Å². The molecule has 0 aromatic heterocycles. The Morgan fingerprint density at radius 1 is 1.15 bits per heavy atom. The predicted octanol–water partition coefficient (Wildman–Crippen LogP) is 5.07. The highest BCUT2D eigenvalue weighted by Crippen LogP contribution is 2.51. The number of rotatable bonds is 4. The molecule has 5 rings (SSSR count). The van der Waals surface area contributed by atoms with Crippen LogP contribution < -0.4 is 9.91 Å². The SMILES string of the molecule is C=C/C=C(\C=C)C1=NN2c3ccc4cc3CC(C)(C4)C2N1c1ccccc1. The number of hydrazone groups is 1. The summed E-state index contributed by atoms with van der Waals surface area (Å²) in [6, 6.07) is 17.4. The molecule has 3 bridgehead atoms. The topological polar surface area (TPSA) is 18.8 Å². The molecule has 0 saturated heterocycles. The van der Waals surface area contributed by atoms with E-state index < -0.39 is 0 Å². The fourth-order valence-electron chi connectivity index (χ4n) is 4.89. The molecule has 2 heterocycles. The molecule has 0 fully saturated rings. The largest absolute Gasteiger partial charge is 0.301 e. The average Bonchev–Trinajstić information content (AvgIpc) is 3.07. The van der Waals surface area contributed by atoms with Crippen LogP contribution in [-0.2, 0) is 12.8 Å². The summed E-state index contributed by atoms with van der Waals surface area (Å²) in [5, 5.41) is 7.34. The minimum Gasteiger partial charge on any atom is -0.301 e. The highest BCUT2D eigenvalue weighted by molar-refractivity contribution is 6.14. The highest BCUT2D eigenvalue weighted by atomic mass is 15.6. The number of allylic oxidation sites excluding steroid dienone is 2. The van der Waals surface area contributed by atoms with Gasteiger partial charge in [-0.25, -0.2) is 5.01 Å². The molecule has 2 aromatic rings. The van der Waals surface area contributed by atoms with Gasteiger partial charge in [-0.15, -0.1) is 0 Å². The normalized spacial score (nSPS) is 25.3. The van der Waals surface area contributed by atoms with E-state index in [1.807, 2.05) is 12.2 Å². The molecule has 0 N–H and O–H groups in total. The molecule has 0 radical (unpaired) electrons. The molecule has 3 aliphatic rings. The molecule has 1 aliphatic carbocycles. The maximum atomic E-state index is 5.11. The molecule has 0 saturated carbocycles. The number of para-hydroxylation sites is 1. The zero-order valence-corrected chi connectivity index (χ0v) is 15.6. The van der Waals surface area contributed by atoms with Gasteiger partial charge >= 0.3 is 0 Å². The molecule has 134 valence electrons.